The molecule has 1 saturated heterocycles. The summed E-state index contributed by atoms with van der Waals surface area (Å²) in [6.45, 7) is 6.84. The molecule has 1 heterocycles. The van der Waals surface area contributed by atoms with Crippen LogP contribution in [0.5, 0.6) is 11.5 Å². The van der Waals surface area contributed by atoms with Crippen LogP contribution in [-0.2, 0) is 49.3 Å². The van der Waals surface area contributed by atoms with E-state index in [1.54, 1.807) is 12.1 Å². The molecule has 2 aromatic carbocycles. The van der Waals surface area contributed by atoms with Crippen LogP contribution in [0.2, 0.25) is 0 Å². The van der Waals surface area contributed by atoms with Gasteiger partial charge < -0.3 is 33.2 Å². The minimum absolute atomic E-state index is 0.342. The van der Waals surface area contributed by atoms with Crippen LogP contribution in [0.1, 0.15) is 45.7 Å². The van der Waals surface area contributed by atoms with E-state index >= 15 is 0 Å². The van der Waals surface area contributed by atoms with Crippen molar-refractivity contribution in [2.24, 2.45) is 0 Å². The summed E-state index contributed by atoms with van der Waals surface area (Å²) in [5.41, 5.74) is 1.78. The minimum Gasteiger partial charge on any atom is -0.494 e. The second-order valence-corrected chi connectivity index (χ2v) is 9.05. The number of hydrogen-bond donors (Lipinski definition) is 0. The third-order valence-electron chi connectivity index (χ3n) is 5.79. The van der Waals surface area contributed by atoms with Crippen LogP contribution in [0.25, 0.3) is 0 Å². The lowest BCUT2D eigenvalue weighted by molar-refractivity contribution is -0.288. The summed E-state index contributed by atoms with van der Waals surface area (Å²) in [5.74, 6) is -1.57. The summed E-state index contributed by atoms with van der Waals surface area (Å²) >= 11 is 0. The van der Waals surface area contributed by atoms with Gasteiger partial charge in [-0.3, -0.25) is 19.2 Å². The van der Waals surface area contributed by atoms with E-state index in [1.807, 2.05) is 43.3 Å². The highest BCUT2D eigenvalue weighted by Crippen LogP contribution is 2.32. The number of esters is 4. The summed E-state index contributed by atoms with van der Waals surface area (Å²) < 4.78 is 39.3. The van der Waals surface area contributed by atoms with Crippen molar-refractivity contribution in [1.29, 1.82) is 0 Å². The quantitative estimate of drug-likeness (QED) is 0.297. The van der Waals surface area contributed by atoms with Crippen molar-refractivity contribution >= 4 is 23.9 Å². The highest BCUT2D eigenvalue weighted by atomic mass is 16.7. The third-order valence-corrected chi connectivity index (χ3v) is 5.79. The van der Waals surface area contributed by atoms with Gasteiger partial charge in [0.15, 0.2) is 12.2 Å². The smallest absolute Gasteiger partial charge is 0.303 e. The Kier molecular flexibility index (Phi) is 10.9. The van der Waals surface area contributed by atoms with Gasteiger partial charge in [0.25, 0.3) is 0 Å². The molecule has 0 saturated carbocycles. The number of para-hydroxylation sites is 1. The van der Waals surface area contributed by atoms with E-state index in [9.17, 15) is 19.2 Å². The van der Waals surface area contributed by atoms with E-state index < -0.39 is 54.6 Å². The van der Waals surface area contributed by atoms with Crippen LogP contribution in [0.3, 0.4) is 0 Å². The second-order valence-electron chi connectivity index (χ2n) is 9.05. The Hall–Kier alpha value is -4.12. The Balaban J connectivity index is 1.96. The van der Waals surface area contributed by atoms with E-state index in [4.69, 9.17) is 33.2 Å². The Morgan fingerprint density at radius 3 is 1.95 bits per heavy atom. The number of rotatable bonds is 11. The summed E-state index contributed by atoms with van der Waals surface area (Å²) in [6.07, 6.45) is -5.83. The third kappa shape index (κ3) is 8.70. The molecule has 0 aromatic heterocycles. The molecule has 0 aliphatic carbocycles. The minimum atomic E-state index is -1.32. The maximum Gasteiger partial charge on any atom is 0.303 e. The fourth-order valence-corrected chi connectivity index (χ4v) is 4.26. The average Bonchev–Trinajstić information content (AvgIpc) is 2.88. The number of carbonyl (C=O) groups is 4. The first kappa shape index (κ1) is 30.4. The normalized spacial score (nSPS) is 22.0. The molecular weight excluding hydrogens is 524 g/mol. The Bertz CT molecular complexity index is 1180. The monoisotopic (exact) mass is 558 g/mol. The molecule has 2 aromatic rings. The lowest BCUT2D eigenvalue weighted by Crippen LogP contribution is -2.63. The average molecular weight is 559 g/mol. The van der Waals surface area contributed by atoms with E-state index in [-0.39, 0.29) is 6.61 Å². The molecular formula is C29H34O11. The number of ether oxygens (including phenoxy) is 7. The molecule has 0 unspecified atom stereocenters. The molecule has 11 heteroatoms. The predicted octanol–water partition coefficient (Wildman–Crippen LogP) is 3.14. The standard InChI is InChI=1S/C29H34O11/c1-6-34-23-13-11-21(12-14-23)15-22-9-7-8-10-24(22)39-29-28(38-20(5)33)27(37-19(4)32)26(36-18(3)31)25(40-29)16-35-17(2)30/h7-14,25-29H,6,15-16H2,1-5H3/t25-,26-,27+,28-,29-/m1/s1. The molecule has 5 atom stereocenters. The van der Waals surface area contributed by atoms with E-state index in [2.05, 4.69) is 0 Å². The molecule has 0 N–H and O–H groups in total. The highest BCUT2D eigenvalue weighted by molar-refractivity contribution is 5.68. The fraction of sp³-hybridized carbons (Fsp3) is 0.448. The van der Waals surface area contributed by atoms with E-state index in [1.165, 1.54) is 13.8 Å². The van der Waals surface area contributed by atoms with Gasteiger partial charge in [0.05, 0.1) is 6.61 Å². The number of benzene rings is 2. The van der Waals surface area contributed by atoms with Gasteiger partial charge in [0, 0.05) is 34.1 Å². The van der Waals surface area contributed by atoms with Crippen molar-refractivity contribution in [3.63, 3.8) is 0 Å². The molecule has 11 nitrogen and oxygen atoms in total. The lowest BCUT2D eigenvalue weighted by atomic mass is 9.98. The van der Waals surface area contributed by atoms with Crippen molar-refractivity contribution in [2.75, 3.05) is 13.2 Å². The van der Waals surface area contributed by atoms with Gasteiger partial charge in [-0.05, 0) is 36.2 Å². The van der Waals surface area contributed by atoms with Gasteiger partial charge in [-0.15, -0.1) is 0 Å². The van der Waals surface area contributed by atoms with Crippen LogP contribution >= 0.6 is 0 Å². The Labute approximate surface area is 232 Å². The topological polar surface area (TPSA) is 133 Å². The van der Waals surface area contributed by atoms with Crippen molar-refractivity contribution in [3.05, 3.63) is 59.7 Å². The fourth-order valence-electron chi connectivity index (χ4n) is 4.26. The summed E-state index contributed by atoms with van der Waals surface area (Å²) in [7, 11) is 0. The molecule has 1 fully saturated rings. The zero-order chi connectivity index (χ0) is 29.2. The highest BCUT2D eigenvalue weighted by Gasteiger charge is 2.53. The molecule has 40 heavy (non-hydrogen) atoms. The maximum absolute atomic E-state index is 12.1. The molecule has 1 aliphatic heterocycles. The molecule has 0 amide bonds. The van der Waals surface area contributed by atoms with Gasteiger partial charge >= 0.3 is 23.9 Å². The van der Waals surface area contributed by atoms with Gasteiger partial charge in [-0.1, -0.05) is 30.3 Å². The van der Waals surface area contributed by atoms with Crippen molar-refractivity contribution < 1.29 is 52.3 Å². The van der Waals surface area contributed by atoms with E-state index in [0.29, 0.717) is 18.8 Å². The molecule has 0 radical (unpaired) electrons. The zero-order valence-electron chi connectivity index (χ0n) is 23.1. The Morgan fingerprint density at radius 1 is 0.750 bits per heavy atom. The Morgan fingerprint density at radius 2 is 1.35 bits per heavy atom. The first-order chi connectivity index (χ1) is 19.1. The van der Waals surface area contributed by atoms with Gasteiger partial charge in [0.1, 0.15) is 24.2 Å². The summed E-state index contributed by atoms with van der Waals surface area (Å²) in [5, 5.41) is 0. The number of carbonyl (C=O) groups excluding carboxylic acids is 4. The molecule has 0 bridgehead atoms. The molecule has 216 valence electrons. The van der Waals surface area contributed by atoms with E-state index in [0.717, 1.165) is 30.7 Å². The summed E-state index contributed by atoms with van der Waals surface area (Å²) in [6, 6.07) is 14.8. The molecule has 3 rings (SSSR count). The van der Waals surface area contributed by atoms with Crippen molar-refractivity contribution in [1.82, 2.24) is 0 Å². The van der Waals surface area contributed by atoms with Crippen LogP contribution in [-0.4, -0.2) is 67.8 Å². The number of hydrogen-bond acceptors (Lipinski definition) is 11. The van der Waals surface area contributed by atoms with Crippen molar-refractivity contribution in [2.45, 2.75) is 71.7 Å². The van der Waals surface area contributed by atoms with Crippen LogP contribution < -0.4 is 9.47 Å². The van der Waals surface area contributed by atoms with Crippen LogP contribution in [0.15, 0.2) is 48.5 Å². The summed E-state index contributed by atoms with van der Waals surface area (Å²) in [4.78, 5) is 47.6. The van der Waals surface area contributed by atoms with Gasteiger partial charge in [-0.25, -0.2) is 0 Å². The second kappa shape index (κ2) is 14.3. The first-order valence-electron chi connectivity index (χ1n) is 12.8. The lowest BCUT2D eigenvalue weighted by Gasteiger charge is -2.44. The van der Waals surface area contributed by atoms with Crippen molar-refractivity contribution in [3.8, 4) is 11.5 Å². The molecule has 1 aliphatic rings. The van der Waals surface area contributed by atoms with Gasteiger partial charge in [0.2, 0.25) is 12.4 Å². The SMILES string of the molecule is CCOc1ccc(Cc2ccccc2O[C@@H]2O[C@H](COC(C)=O)[C@@H](OC(C)=O)[C@H](OC(C)=O)[C@H]2OC(C)=O)cc1. The van der Waals surface area contributed by atoms with Gasteiger partial charge in [-0.2, -0.15) is 0 Å². The first-order valence-corrected chi connectivity index (χ1v) is 12.8. The molecule has 0 spiro atoms. The zero-order valence-corrected chi connectivity index (χ0v) is 23.1. The maximum atomic E-state index is 12.1. The van der Waals surface area contributed by atoms with Crippen LogP contribution in [0.4, 0.5) is 0 Å². The predicted molar refractivity (Wildman–Crippen MR) is 139 cm³/mol. The largest absolute Gasteiger partial charge is 0.494 e. The van der Waals surface area contributed by atoms with Crippen LogP contribution in [0, 0.1) is 0 Å².